The molecule has 10 heteroatoms. The Balaban J connectivity index is 1.71. The first-order valence-electron chi connectivity index (χ1n) is 7.89. The van der Waals surface area contributed by atoms with E-state index in [4.69, 9.17) is 33.0 Å². The maximum absolute atomic E-state index is 12.2. The van der Waals surface area contributed by atoms with Gasteiger partial charge in [0.25, 0.3) is 5.91 Å². The Morgan fingerprint density at radius 2 is 2.19 bits per heavy atom. The van der Waals surface area contributed by atoms with Crippen LogP contribution in [0, 0.1) is 10.1 Å². The minimum atomic E-state index is -0.570. The Morgan fingerprint density at radius 1 is 1.41 bits per heavy atom. The van der Waals surface area contributed by atoms with Crippen LogP contribution in [0.25, 0.3) is 6.08 Å². The number of hydrogen-bond acceptors (Lipinski definition) is 6. The van der Waals surface area contributed by atoms with Crippen LogP contribution in [0.1, 0.15) is 18.4 Å². The van der Waals surface area contributed by atoms with E-state index in [9.17, 15) is 14.9 Å². The van der Waals surface area contributed by atoms with Crippen LogP contribution in [0.3, 0.4) is 0 Å². The van der Waals surface area contributed by atoms with Gasteiger partial charge >= 0.3 is 5.69 Å². The number of halogens is 1. The van der Waals surface area contributed by atoms with Crippen molar-refractivity contribution in [2.24, 2.45) is 0 Å². The van der Waals surface area contributed by atoms with Crippen molar-refractivity contribution in [3.05, 3.63) is 62.7 Å². The molecule has 0 atom stereocenters. The van der Waals surface area contributed by atoms with Gasteiger partial charge in [-0.25, -0.2) is 0 Å². The lowest BCUT2D eigenvalue weighted by Gasteiger charge is -2.08. The van der Waals surface area contributed by atoms with E-state index in [0.717, 1.165) is 0 Å². The van der Waals surface area contributed by atoms with Gasteiger partial charge in [0.15, 0.2) is 10.9 Å². The molecule has 0 saturated carbocycles. The highest BCUT2D eigenvalue weighted by Gasteiger charge is 2.29. The van der Waals surface area contributed by atoms with Crippen molar-refractivity contribution in [3.8, 4) is 5.75 Å². The molecule has 140 valence electrons. The van der Waals surface area contributed by atoms with Crippen LogP contribution in [-0.4, -0.2) is 27.4 Å². The number of thiocarbonyl (C=S) groups is 1. The lowest BCUT2D eigenvalue weighted by atomic mass is 10.3. The van der Waals surface area contributed by atoms with Crippen molar-refractivity contribution in [2.45, 2.75) is 13.5 Å². The summed E-state index contributed by atoms with van der Waals surface area (Å²) in [7, 11) is 0. The van der Waals surface area contributed by atoms with Crippen molar-refractivity contribution in [1.29, 1.82) is 0 Å². The standard InChI is InChI=1S/C17H14ClN3O5S/c1-2-20-16(22)13(19-17(20)27)8-11-4-5-12(26-11)9-25-15-6-3-10(18)7-14(15)21(23)24/h3-8H,2,9H2,1H3,(H,19,27)/b13-8+. The van der Waals surface area contributed by atoms with Crippen LogP contribution >= 0.6 is 23.8 Å². The smallest absolute Gasteiger partial charge is 0.312 e. The average Bonchev–Trinajstić information content (AvgIpc) is 3.18. The van der Waals surface area contributed by atoms with Gasteiger partial charge in [0.2, 0.25) is 0 Å². The predicted octanol–water partition coefficient (Wildman–Crippen LogP) is 3.50. The fourth-order valence-electron chi connectivity index (χ4n) is 2.45. The average molecular weight is 408 g/mol. The third-order valence-corrected chi connectivity index (χ3v) is 4.29. The number of carbonyl (C=O) groups excluding carboxylic acids is 1. The van der Waals surface area contributed by atoms with Gasteiger partial charge in [0, 0.05) is 23.7 Å². The largest absolute Gasteiger partial charge is 0.479 e. The molecule has 1 saturated heterocycles. The molecule has 1 fully saturated rings. The number of furan rings is 1. The van der Waals surface area contributed by atoms with Crippen LogP contribution < -0.4 is 10.1 Å². The van der Waals surface area contributed by atoms with Gasteiger partial charge in [-0.3, -0.25) is 19.8 Å². The Labute approximate surface area is 164 Å². The lowest BCUT2D eigenvalue weighted by molar-refractivity contribution is -0.385. The molecule has 0 unspecified atom stereocenters. The molecule has 0 radical (unpaired) electrons. The van der Waals surface area contributed by atoms with Gasteiger partial charge in [-0.1, -0.05) is 11.6 Å². The molecule has 2 aromatic rings. The van der Waals surface area contributed by atoms with E-state index >= 15 is 0 Å². The van der Waals surface area contributed by atoms with Crippen molar-refractivity contribution in [3.63, 3.8) is 0 Å². The molecule has 0 aliphatic carbocycles. The molecule has 2 heterocycles. The number of nitrogens with one attached hydrogen (secondary N) is 1. The van der Waals surface area contributed by atoms with Crippen molar-refractivity contribution >= 4 is 46.6 Å². The van der Waals surface area contributed by atoms with E-state index < -0.39 is 4.92 Å². The molecule has 1 N–H and O–H groups in total. The molecule has 27 heavy (non-hydrogen) atoms. The minimum Gasteiger partial charge on any atom is -0.479 e. The highest BCUT2D eigenvalue weighted by molar-refractivity contribution is 7.80. The van der Waals surface area contributed by atoms with Gasteiger partial charge in [-0.15, -0.1) is 0 Å². The maximum atomic E-state index is 12.2. The third-order valence-electron chi connectivity index (χ3n) is 3.74. The number of nitrogens with zero attached hydrogens (tertiary/aromatic N) is 2. The zero-order valence-electron chi connectivity index (χ0n) is 14.1. The minimum absolute atomic E-state index is 0.0213. The molecular weight excluding hydrogens is 394 g/mol. The number of amides is 1. The highest BCUT2D eigenvalue weighted by atomic mass is 35.5. The summed E-state index contributed by atoms with van der Waals surface area (Å²) in [5.41, 5.74) is 0.0855. The summed E-state index contributed by atoms with van der Waals surface area (Å²) in [5, 5.41) is 14.5. The van der Waals surface area contributed by atoms with Gasteiger partial charge in [0.05, 0.1) is 4.92 Å². The van der Waals surface area contributed by atoms with E-state index in [0.29, 0.717) is 28.9 Å². The summed E-state index contributed by atoms with van der Waals surface area (Å²) < 4.78 is 11.1. The Hall–Kier alpha value is -2.91. The second-order valence-electron chi connectivity index (χ2n) is 5.50. The number of likely N-dealkylation sites (N-methyl/N-ethyl adjacent to an activating group) is 1. The highest BCUT2D eigenvalue weighted by Crippen LogP contribution is 2.30. The molecule has 8 nitrogen and oxygen atoms in total. The third kappa shape index (κ3) is 4.09. The van der Waals surface area contributed by atoms with Gasteiger partial charge in [-0.05, 0) is 43.4 Å². The Bertz CT molecular complexity index is 956. The second kappa shape index (κ2) is 7.77. The fraction of sp³-hybridized carbons (Fsp3) is 0.176. The normalized spacial score (nSPS) is 15.3. The summed E-state index contributed by atoms with van der Waals surface area (Å²) in [5.74, 6) is 0.716. The summed E-state index contributed by atoms with van der Waals surface area (Å²) in [6, 6.07) is 7.46. The van der Waals surface area contributed by atoms with Gasteiger partial charge < -0.3 is 14.5 Å². The zero-order valence-corrected chi connectivity index (χ0v) is 15.7. The monoisotopic (exact) mass is 407 g/mol. The van der Waals surface area contributed by atoms with E-state index in [1.54, 1.807) is 18.2 Å². The first-order valence-corrected chi connectivity index (χ1v) is 8.67. The maximum Gasteiger partial charge on any atom is 0.312 e. The SMILES string of the molecule is CCN1C(=O)/C(=C\c2ccc(COc3ccc(Cl)cc3[N+](=O)[O-])o2)NC1=S. The number of benzene rings is 1. The quantitative estimate of drug-likeness (QED) is 0.338. The molecule has 1 aliphatic heterocycles. The number of rotatable bonds is 6. The zero-order chi connectivity index (χ0) is 19.6. The summed E-state index contributed by atoms with van der Waals surface area (Å²) in [6.07, 6.45) is 1.54. The van der Waals surface area contributed by atoms with E-state index in [1.807, 2.05) is 6.92 Å². The molecule has 3 rings (SSSR count). The van der Waals surface area contributed by atoms with E-state index in [1.165, 1.54) is 23.1 Å². The molecule has 0 bridgehead atoms. The number of hydrogen-bond donors (Lipinski definition) is 1. The second-order valence-corrected chi connectivity index (χ2v) is 6.32. The van der Waals surface area contributed by atoms with Gasteiger partial charge in [0.1, 0.15) is 23.8 Å². The van der Waals surface area contributed by atoms with Crippen LogP contribution in [-0.2, 0) is 11.4 Å². The van der Waals surface area contributed by atoms with Crippen LogP contribution in [0.15, 0.2) is 40.4 Å². The predicted molar refractivity (Wildman–Crippen MR) is 102 cm³/mol. The summed E-state index contributed by atoms with van der Waals surface area (Å²) >= 11 is 10.9. The van der Waals surface area contributed by atoms with Crippen molar-refractivity contribution in [2.75, 3.05) is 6.54 Å². The molecular formula is C17H14ClN3O5S. The molecule has 1 aliphatic rings. The Kier molecular flexibility index (Phi) is 5.43. The van der Waals surface area contributed by atoms with Crippen LogP contribution in [0.5, 0.6) is 5.75 Å². The first kappa shape index (κ1) is 18.9. The van der Waals surface area contributed by atoms with E-state index in [-0.39, 0.29) is 29.0 Å². The lowest BCUT2D eigenvalue weighted by Crippen LogP contribution is -2.30. The first-order chi connectivity index (χ1) is 12.9. The summed E-state index contributed by atoms with van der Waals surface area (Å²) in [4.78, 5) is 24.1. The molecule has 0 spiro atoms. The van der Waals surface area contributed by atoms with Gasteiger partial charge in [-0.2, -0.15) is 0 Å². The van der Waals surface area contributed by atoms with Crippen LogP contribution in [0.4, 0.5) is 5.69 Å². The van der Waals surface area contributed by atoms with Crippen molar-refractivity contribution in [1.82, 2.24) is 10.2 Å². The molecule has 1 aromatic carbocycles. The fourth-order valence-corrected chi connectivity index (χ4v) is 2.94. The number of nitro groups is 1. The van der Waals surface area contributed by atoms with E-state index in [2.05, 4.69) is 5.32 Å². The van der Waals surface area contributed by atoms with Crippen molar-refractivity contribution < 1.29 is 18.9 Å². The molecule has 1 amide bonds. The molecule has 1 aromatic heterocycles. The van der Waals surface area contributed by atoms with Crippen LogP contribution in [0.2, 0.25) is 5.02 Å². The summed E-state index contributed by atoms with van der Waals surface area (Å²) in [6.45, 7) is 2.28. The number of ether oxygens (including phenoxy) is 1. The number of nitro benzene ring substituents is 1. The topological polar surface area (TPSA) is 97.9 Å². The number of carbonyl (C=O) groups is 1. The Morgan fingerprint density at radius 3 is 2.85 bits per heavy atom.